The third-order valence-electron chi connectivity index (χ3n) is 10.2. The van der Waals surface area contributed by atoms with Gasteiger partial charge in [0.2, 0.25) is 0 Å². The molecule has 0 spiro atoms. The van der Waals surface area contributed by atoms with Crippen molar-refractivity contribution in [3.8, 4) is 22.3 Å². The van der Waals surface area contributed by atoms with E-state index in [0.717, 1.165) is 17.9 Å². The number of hydrogen-bond acceptors (Lipinski definition) is 1. The fourth-order valence-corrected chi connectivity index (χ4v) is 7.53. The molecular formula is C45H46O. The van der Waals surface area contributed by atoms with E-state index < -0.39 is 0 Å². The Morgan fingerprint density at radius 2 is 1.11 bits per heavy atom. The second-order valence-electron chi connectivity index (χ2n) is 15.6. The SMILES string of the molecule is Cc1ccc(C2=Cc3c(ccc(C)c3-c3ccc(C(C)(C)C)cc3)C2C2=Cc3c(ccc(C)c3-c3ccc(C(C)(C)C)cc3)C2)o1. The molecule has 46 heavy (non-hydrogen) atoms. The molecule has 1 heteroatoms. The van der Waals surface area contributed by atoms with Gasteiger partial charge in [0.1, 0.15) is 11.5 Å². The average molecular weight is 603 g/mol. The van der Waals surface area contributed by atoms with E-state index in [2.05, 4.69) is 152 Å². The molecule has 1 atom stereocenters. The second kappa shape index (κ2) is 10.9. The van der Waals surface area contributed by atoms with Crippen LogP contribution in [0.4, 0.5) is 0 Å². The van der Waals surface area contributed by atoms with Crippen LogP contribution in [-0.2, 0) is 17.3 Å². The maximum absolute atomic E-state index is 6.35. The standard InChI is InChI=1S/C45H46O/c1-27-10-13-32-24-33(25-37(32)41(27)30-14-18-34(19-15-30)44(4,5)6)43-36-22-11-28(2)42(31-16-20-35(21-17-31)45(7,8)9)38(36)26-39(43)40-23-12-29(3)46-40/h10-23,25-26,43H,24H2,1-9H3. The predicted octanol–water partition coefficient (Wildman–Crippen LogP) is 12.4. The highest BCUT2D eigenvalue weighted by atomic mass is 16.3. The van der Waals surface area contributed by atoms with E-state index >= 15 is 0 Å². The van der Waals surface area contributed by atoms with Crippen molar-refractivity contribution in [1.29, 1.82) is 0 Å². The largest absolute Gasteiger partial charge is 0.462 e. The smallest absolute Gasteiger partial charge is 0.131 e. The molecular weight excluding hydrogens is 556 g/mol. The van der Waals surface area contributed by atoms with Crippen LogP contribution in [0.25, 0.3) is 40.0 Å². The fraction of sp³-hybridized carbons (Fsp3) is 0.289. The van der Waals surface area contributed by atoms with Crippen molar-refractivity contribution in [3.63, 3.8) is 0 Å². The molecule has 1 nitrogen and oxygen atoms in total. The van der Waals surface area contributed by atoms with Gasteiger partial charge in [0.15, 0.2) is 0 Å². The summed E-state index contributed by atoms with van der Waals surface area (Å²) in [5, 5.41) is 0. The summed E-state index contributed by atoms with van der Waals surface area (Å²) in [5.41, 5.74) is 19.0. The molecule has 232 valence electrons. The van der Waals surface area contributed by atoms with Gasteiger partial charge in [-0.2, -0.15) is 0 Å². The van der Waals surface area contributed by atoms with Crippen LogP contribution in [0.3, 0.4) is 0 Å². The monoisotopic (exact) mass is 602 g/mol. The molecule has 2 aliphatic carbocycles. The minimum atomic E-state index is 0.122. The molecule has 0 amide bonds. The lowest BCUT2D eigenvalue weighted by Crippen LogP contribution is -2.10. The zero-order valence-electron chi connectivity index (χ0n) is 28.9. The molecule has 5 aromatic rings. The Kier molecular flexibility index (Phi) is 7.16. The minimum absolute atomic E-state index is 0.122. The third-order valence-corrected chi connectivity index (χ3v) is 10.2. The molecule has 1 heterocycles. The number of aryl methyl sites for hydroxylation is 3. The third kappa shape index (κ3) is 5.20. The van der Waals surface area contributed by atoms with Gasteiger partial charge in [0.05, 0.1) is 0 Å². The summed E-state index contributed by atoms with van der Waals surface area (Å²) in [6.07, 6.45) is 5.85. The maximum atomic E-state index is 6.35. The first kappa shape index (κ1) is 30.3. The van der Waals surface area contributed by atoms with Gasteiger partial charge in [-0.25, -0.2) is 0 Å². The van der Waals surface area contributed by atoms with Crippen LogP contribution in [-0.4, -0.2) is 0 Å². The van der Waals surface area contributed by atoms with Gasteiger partial charge in [0, 0.05) is 11.5 Å². The zero-order valence-corrected chi connectivity index (χ0v) is 28.9. The van der Waals surface area contributed by atoms with Gasteiger partial charge in [-0.05, 0) is 123 Å². The lowest BCUT2D eigenvalue weighted by atomic mass is 9.83. The molecule has 0 bridgehead atoms. The van der Waals surface area contributed by atoms with E-state index in [4.69, 9.17) is 4.42 Å². The Labute approximate surface area is 275 Å². The van der Waals surface area contributed by atoms with E-state index in [0.29, 0.717) is 0 Å². The van der Waals surface area contributed by atoms with Crippen LogP contribution in [0.5, 0.6) is 0 Å². The number of hydrogen-bond donors (Lipinski definition) is 0. The van der Waals surface area contributed by atoms with Gasteiger partial charge in [-0.3, -0.25) is 0 Å². The minimum Gasteiger partial charge on any atom is -0.462 e. The summed E-state index contributed by atoms with van der Waals surface area (Å²) < 4.78 is 6.35. The summed E-state index contributed by atoms with van der Waals surface area (Å²) in [6.45, 7) is 20.2. The van der Waals surface area contributed by atoms with Gasteiger partial charge in [-0.15, -0.1) is 0 Å². The number of allylic oxidation sites excluding steroid dienone is 2. The van der Waals surface area contributed by atoms with Gasteiger partial charge in [-0.1, -0.05) is 126 Å². The fourth-order valence-electron chi connectivity index (χ4n) is 7.53. The average Bonchev–Trinajstić information content (AvgIpc) is 3.72. The van der Waals surface area contributed by atoms with Gasteiger partial charge >= 0.3 is 0 Å². The van der Waals surface area contributed by atoms with Crippen molar-refractivity contribution in [2.24, 2.45) is 0 Å². The van der Waals surface area contributed by atoms with Crippen molar-refractivity contribution >= 4 is 17.7 Å². The van der Waals surface area contributed by atoms with Crippen LogP contribution in [0.15, 0.2) is 94.9 Å². The van der Waals surface area contributed by atoms with Crippen molar-refractivity contribution in [3.05, 3.63) is 147 Å². The first-order valence-electron chi connectivity index (χ1n) is 16.8. The van der Waals surface area contributed by atoms with Gasteiger partial charge in [0.25, 0.3) is 0 Å². The molecule has 0 aliphatic heterocycles. The maximum Gasteiger partial charge on any atom is 0.131 e. The normalized spacial score (nSPS) is 15.9. The van der Waals surface area contributed by atoms with Crippen molar-refractivity contribution in [2.75, 3.05) is 0 Å². The molecule has 1 unspecified atom stereocenters. The number of rotatable bonds is 4. The Morgan fingerprint density at radius 1 is 0.565 bits per heavy atom. The van der Waals surface area contributed by atoms with Crippen molar-refractivity contribution in [2.45, 2.75) is 85.5 Å². The lowest BCUT2D eigenvalue weighted by Gasteiger charge is -2.21. The Bertz CT molecular complexity index is 2030. The highest BCUT2D eigenvalue weighted by Crippen LogP contribution is 2.53. The van der Waals surface area contributed by atoms with Gasteiger partial charge < -0.3 is 4.42 Å². The number of fused-ring (bicyclic) bond motifs is 2. The molecule has 4 aromatic carbocycles. The highest BCUT2D eigenvalue weighted by Gasteiger charge is 2.35. The molecule has 1 aromatic heterocycles. The van der Waals surface area contributed by atoms with E-state index in [1.54, 1.807) is 0 Å². The molecule has 0 fully saturated rings. The van der Waals surface area contributed by atoms with Crippen LogP contribution in [0.2, 0.25) is 0 Å². The highest BCUT2D eigenvalue weighted by molar-refractivity contribution is 5.99. The van der Waals surface area contributed by atoms with E-state index in [1.165, 1.54) is 77.9 Å². The first-order valence-corrected chi connectivity index (χ1v) is 16.8. The second-order valence-corrected chi connectivity index (χ2v) is 15.6. The molecule has 0 N–H and O–H groups in total. The summed E-state index contributed by atoms with van der Waals surface area (Å²) in [4.78, 5) is 0. The summed E-state index contributed by atoms with van der Waals surface area (Å²) >= 11 is 0. The van der Waals surface area contributed by atoms with Crippen LogP contribution in [0, 0.1) is 20.8 Å². The predicted molar refractivity (Wildman–Crippen MR) is 196 cm³/mol. The van der Waals surface area contributed by atoms with Crippen molar-refractivity contribution in [1.82, 2.24) is 0 Å². The Morgan fingerprint density at radius 3 is 1.63 bits per heavy atom. The molecule has 0 saturated heterocycles. The topological polar surface area (TPSA) is 13.1 Å². The number of benzene rings is 4. The Balaban J connectivity index is 1.36. The van der Waals surface area contributed by atoms with E-state index in [-0.39, 0.29) is 16.7 Å². The van der Waals surface area contributed by atoms with Crippen LogP contribution in [0.1, 0.15) is 103 Å². The summed E-state index contributed by atoms with van der Waals surface area (Å²) in [7, 11) is 0. The summed E-state index contributed by atoms with van der Waals surface area (Å²) in [5.74, 6) is 2.05. The van der Waals surface area contributed by atoms with Crippen LogP contribution < -0.4 is 0 Å². The zero-order chi connectivity index (χ0) is 32.5. The van der Waals surface area contributed by atoms with E-state index in [1.807, 2.05) is 6.92 Å². The Hall–Kier alpha value is -4.36. The number of furan rings is 1. The van der Waals surface area contributed by atoms with Crippen molar-refractivity contribution < 1.29 is 4.42 Å². The molecule has 2 aliphatic rings. The molecule has 0 radical (unpaired) electrons. The molecule has 7 rings (SSSR count). The quantitative estimate of drug-likeness (QED) is 0.199. The summed E-state index contributed by atoms with van der Waals surface area (Å²) in [6, 6.07) is 32.0. The molecule has 0 saturated carbocycles. The lowest BCUT2D eigenvalue weighted by molar-refractivity contribution is 0.519. The van der Waals surface area contributed by atoms with E-state index in [9.17, 15) is 0 Å². The first-order chi connectivity index (χ1) is 21.8. The van der Waals surface area contributed by atoms with Crippen LogP contribution >= 0.6 is 0 Å².